The average Bonchev–Trinajstić information content (AvgIpc) is 2.96. The van der Waals surface area contributed by atoms with Crippen LogP contribution in [0.15, 0.2) is 60.9 Å². The van der Waals surface area contributed by atoms with E-state index < -0.39 is 60.6 Å². The predicted molar refractivity (Wildman–Crippen MR) is 144 cm³/mol. The van der Waals surface area contributed by atoms with Gasteiger partial charge in [0, 0.05) is 23.5 Å². The van der Waals surface area contributed by atoms with E-state index in [0.29, 0.717) is 12.0 Å². The van der Waals surface area contributed by atoms with Crippen LogP contribution in [0.1, 0.15) is 30.1 Å². The first-order valence-corrected chi connectivity index (χ1v) is 13.5. The van der Waals surface area contributed by atoms with Crippen LogP contribution in [-0.4, -0.2) is 81.1 Å². The summed E-state index contributed by atoms with van der Waals surface area (Å²) in [6.07, 6.45) is -4.49. The van der Waals surface area contributed by atoms with E-state index in [-0.39, 0.29) is 47.1 Å². The molecule has 0 radical (unpaired) electrons. The van der Waals surface area contributed by atoms with Gasteiger partial charge < -0.3 is 49.2 Å². The molecule has 0 aliphatic carbocycles. The number of hydrogen-bond donors (Lipinski definition) is 5. The van der Waals surface area contributed by atoms with Gasteiger partial charge in [-0.25, -0.2) is 9.59 Å². The topological polar surface area (TPSA) is 181 Å². The standard InChI is InChI=1S/C30H32O12/c1-3-17-18-8-9-38-27(36)20(18)13-39-29(17)42-30-26(25(35)24(34)22(4-2)40-30)41-28(37)23-19(11-16(32)12-21(23)33)14-6-5-7-15(31)10-14/h3,5-7,10-13,17-18,22,24-26,29-35H,1,4,8-9H2,2H3/t17-,18+,22-,24-,25+,26-,29+,30+/m1/s1. The molecule has 0 amide bonds. The van der Waals surface area contributed by atoms with E-state index in [1.807, 2.05) is 0 Å². The molecule has 2 saturated heterocycles. The molecule has 0 spiro atoms. The van der Waals surface area contributed by atoms with Gasteiger partial charge in [0.15, 0.2) is 6.10 Å². The van der Waals surface area contributed by atoms with Gasteiger partial charge in [0.2, 0.25) is 12.6 Å². The summed E-state index contributed by atoms with van der Waals surface area (Å²) in [5.41, 5.74) is 0.282. The maximum atomic E-state index is 13.6. The minimum Gasteiger partial charge on any atom is -0.508 e. The number of cyclic esters (lactones) is 1. The van der Waals surface area contributed by atoms with Gasteiger partial charge in [-0.05, 0) is 36.6 Å². The van der Waals surface area contributed by atoms with Gasteiger partial charge in [-0.1, -0.05) is 25.1 Å². The van der Waals surface area contributed by atoms with Crippen molar-refractivity contribution in [2.24, 2.45) is 11.8 Å². The molecule has 12 nitrogen and oxygen atoms in total. The van der Waals surface area contributed by atoms with Crippen molar-refractivity contribution in [1.82, 2.24) is 0 Å². The number of benzene rings is 2. The molecule has 5 N–H and O–H groups in total. The van der Waals surface area contributed by atoms with Crippen molar-refractivity contribution >= 4 is 11.9 Å². The van der Waals surface area contributed by atoms with E-state index in [1.165, 1.54) is 30.5 Å². The van der Waals surface area contributed by atoms with Gasteiger partial charge in [-0.15, -0.1) is 6.58 Å². The lowest BCUT2D eigenvalue weighted by molar-refractivity contribution is -0.336. The first kappa shape index (κ1) is 29.4. The number of carbonyl (C=O) groups excluding carboxylic acids is 2. The fourth-order valence-corrected chi connectivity index (χ4v) is 5.54. The molecule has 12 heteroatoms. The van der Waals surface area contributed by atoms with E-state index >= 15 is 0 Å². The molecule has 224 valence electrons. The number of carbonyl (C=O) groups is 2. The number of aliphatic hydroxyl groups is 2. The number of rotatable bonds is 7. The summed E-state index contributed by atoms with van der Waals surface area (Å²) in [6, 6.07) is 7.93. The van der Waals surface area contributed by atoms with Crippen LogP contribution in [0.2, 0.25) is 0 Å². The Hall–Kier alpha value is -4.10. The minimum absolute atomic E-state index is 0.0354. The number of phenolic OH excluding ortho intramolecular Hbond substituents is 3. The molecule has 3 aliphatic rings. The van der Waals surface area contributed by atoms with E-state index in [9.17, 15) is 35.1 Å². The van der Waals surface area contributed by atoms with Crippen LogP contribution in [0.5, 0.6) is 17.2 Å². The van der Waals surface area contributed by atoms with E-state index in [2.05, 4.69) is 6.58 Å². The molecular formula is C30H32O12. The normalized spacial score (nSPS) is 30.7. The third-order valence-corrected chi connectivity index (χ3v) is 7.70. The van der Waals surface area contributed by atoms with E-state index in [0.717, 1.165) is 6.07 Å². The highest BCUT2D eigenvalue weighted by Crippen LogP contribution is 2.40. The molecule has 0 saturated carbocycles. The number of aromatic hydroxyl groups is 3. The van der Waals surface area contributed by atoms with E-state index in [1.54, 1.807) is 19.1 Å². The van der Waals surface area contributed by atoms with Crippen LogP contribution in [0.4, 0.5) is 0 Å². The molecule has 42 heavy (non-hydrogen) atoms. The van der Waals surface area contributed by atoms with Crippen LogP contribution in [-0.2, 0) is 28.5 Å². The summed E-state index contributed by atoms with van der Waals surface area (Å²) >= 11 is 0. The Labute approximate surface area is 241 Å². The Bertz CT molecular complexity index is 1390. The van der Waals surface area contributed by atoms with Gasteiger partial charge in [-0.2, -0.15) is 0 Å². The maximum Gasteiger partial charge on any atom is 0.343 e. The highest BCUT2D eigenvalue weighted by Gasteiger charge is 2.50. The molecule has 3 heterocycles. The first-order chi connectivity index (χ1) is 20.1. The summed E-state index contributed by atoms with van der Waals surface area (Å²) in [4.78, 5) is 25.8. The van der Waals surface area contributed by atoms with Crippen molar-refractivity contribution in [3.63, 3.8) is 0 Å². The zero-order valence-electron chi connectivity index (χ0n) is 22.7. The summed E-state index contributed by atoms with van der Waals surface area (Å²) in [5, 5.41) is 52.5. The first-order valence-electron chi connectivity index (χ1n) is 13.5. The fraction of sp³-hybridized carbons (Fsp3) is 0.400. The average molecular weight is 585 g/mol. The molecule has 0 bridgehead atoms. The monoisotopic (exact) mass is 584 g/mol. The van der Waals surface area contributed by atoms with Crippen molar-refractivity contribution in [3.05, 3.63) is 66.5 Å². The smallest absolute Gasteiger partial charge is 0.343 e. The van der Waals surface area contributed by atoms with Crippen molar-refractivity contribution < 1.29 is 58.8 Å². The summed E-state index contributed by atoms with van der Waals surface area (Å²) in [5.74, 6) is -3.58. The van der Waals surface area contributed by atoms with Gasteiger partial charge in [0.1, 0.15) is 35.0 Å². The molecule has 8 atom stereocenters. The molecule has 2 fully saturated rings. The second kappa shape index (κ2) is 12.0. The zero-order chi connectivity index (χ0) is 30.1. The van der Waals surface area contributed by atoms with Crippen molar-refractivity contribution in [3.8, 4) is 28.4 Å². The van der Waals surface area contributed by atoms with Crippen LogP contribution in [0, 0.1) is 11.8 Å². The number of hydrogen-bond acceptors (Lipinski definition) is 12. The highest BCUT2D eigenvalue weighted by molar-refractivity contribution is 6.00. The Morgan fingerprint density at radius 1 is 1.10 bits per heavy atom. The van der Waals surface area contributed by atoms with Crippen molar-refractivity contribution in [2.75, 3.05) is 6.61 Å². The van der Waals surface area contributed by atoms with Gasteiger partial charge in [0.25, 0.3) is 0 Å². The van der Waals surface area contributed by atoms with Crippen LogP contribution in [0.25, 0.3) is 11.1 Å². The second-order valence-corrected chi connectivity index (χ2v) is 10.3. The van der Waals surface area contributed by atoms with Gasteiger partial charge in [-0.3, -0.25) is 0 Å². The maximum absolute atomic E-state index is 13.6. The van der Waals surface area contributed by atoms with Crippen LogP contribution >= 0.6 is 0 Å². The molecular weight excluding hydrogens is 552 g/mol. The quantitative estimate of drug-likeness (QED) is 0.237. The van der Waals surface area contributed by atoms with Crippen LogP contribution < -0.4 is 0 Å². The lowest BCUT2D eigenvalue weighted by Crippen LogP contribution is -2.60. The SMILES string of the molecule is C=C[C@H]1[C@H](O[C@@H]2O[C@H](CC)[C@@H](O)[C@H](O)[C@H]2OC(=O)c2c(O)cc(O)cc2-c2cccc(O)c2)OC=C2C(=O)OCC[C@H]21. The zero-order valence-corrected chi connectivity index (χ0v) is 22.7. The number of aliphatic hydroxyl groups excluding tert-OH is 2. The molecule has 0 aromatic heterocycles. The minimum atomic E-state index is -1.66. The largest absolute Gasteiger partial charge is 0.508 e. The summed E-state index contributed by atoms with van der Waals surface area (Å²) in [6.45, 7) is 5.78. The summed E-state index contributed by atoms with van der Waals surface area (Å²) < 4.78 is 28.5. The highest BCUT2D eigenvalue weighted by atomic mass is 16.8. The Morgan fingerprint density at radius 2 is 1.88 bits per heavy atom. The number of ether oxygens (including phenoxy) is 5. The van der Waals surface area contributed by atoms with Gasteiger partial charge in [0.05, 0.1) is 24.5 Å². The molecule has 2 aromatic rings. The van der Waals surface area contributed by atoms with Crippen molar-refractivity contribution in [1.29, 1.82) is 0 Å². The Balaban J connectivity index is 1.46. The molecule has 5 rings (SSSR count). The predicted octanol–water partition coefficient (Wildman–Crippen LogP) is 2.47. The lowest BCUT2D eigenvalue weighted by atomic mass is 9.81. The lowest BCUT2D eigenvalue weighted by Gasteiger charge is -2.44. The van der Waals surface area contributed by atoms with Crippen molar-refractivity contribution in [2.45, 2.75) is 56.8 Å². The fourth-order valence-electron chi connectivity index (χ4n) is 5.54. The Kier molecular flexibility index (Phi) is 8.41. The molecule has 2 aromatic carbocycles. The Morgan fingerprint density at radius 3 is 2.60 bits per heavy atom. The summed E-state index contributed by atoms with van der Waals surface area (Å²) in [7, 11) is 0. The second-order valence-electron chi connectivity index (χ2n) is 10.3. The van der Waals surface area contributed by atoms with E-state index in [4.69, 9.17) is 23.7 Å². The molecule has 3 aliphatic heterocycles. The van der Waals surface area contributed by atoms with Crippen LogP contribution in [0.3, 0.4) is 0 Å². The number of phenols is 3. The number of fused-ring (bicyclic) bond motifs is 1. The van der Waals surface area contributed by atoms with Gasteiger partial charge >= 0.3 is 11.9 Å². The third-order valence-electron chi connectivity index (χ3n) is 7.70. The number of esters is 2. The molecule has 0 unspecified atom stereocenters. The third kappa shape index (κ3) is 5.53.